The Morgan fingerprint density at radius 2 is 1.96 bits per heavy atom. The molecule has 1 saturated carbocycles. The summed E-state index contributed by atoms with van der Waals surface area (Å²) < 4.78 is 0. The molecule has 2 N–H and O–H groups in total. The smallest absolute Gasteiger partial charge is 0.256 e. The summed E-state index contributed by atoms with van der Waals surface area (Å²) in [6, 6.07) is 15.9. The lowest BCUT2D eigenvalue weighted by molar-refractivity contribution is -0.122. The van der Waals surface area contributed by atoms with Crippen molar-refractivity contribution in [3.8, 4) is 0 Å². The highest BCUT2D eigenvalue weighted by Crippen LogP contribution is 2.48. The van der Waals surface area contributed by atoms with Crippen molar-refractivity contribution >= 4 is 11.8 Å². The Morgan fingerprint density at radius 3 is 2.56 bits per heavy atom. The van der Waals surface area contributed by atoms with Crippen LogP contribution in [0.5, 0.6) is 0 Å². The molecule has 5 heteroatoms. The van der Waals surface area contributed by atoms with Gasteiger partial charge >= 0.3 is 0 Å². The highest BCUT2D eigenvalue weighted by molar-refractivity contribution is 6.04. The van der Waals surface area contributed by atoms with Gasteiger partial charge < -0.3 is 15.5 Å². The molecule has 1 fully saturated rings. The third kappa shape index (κ3) is 3.12. The van der Waals surface area contributed by atoms with Gasteiger partial charge in [-0.05, 0) is 49.7 Å². The Balaban J connectivity index is 1.56. The number of amides is 2. The first kappa shape index (κ1) is 17.7. The summed E-state index contributed by atoms with van der Waals surface area (Å²) in [5, 5.41) is 0. The van der Waals surface area contributed by atoms with Crippen LogP contribution in [0.2, 0.25) is 0 Å². The number of rotatable bonds is 6. The molecular formula is C22H24N3O2. The fourth-order valence-corrected chi connectivity index (χ4v) is 4.22. The Hall–Kier alpha value is -2.66. The van der Waals surface area contributed by atoms with Crippen LogP contribution in [0.3, 0.4) is 0 Å². The monoisotopic (exact) mass is 362 g/mol. The normalized spacial score (nSPS) is 20.0. The van der Waals surface area contributed by atoms with E-state index in [1.165, 1.54) is 18.4 Å². The van der Waals surface area contributed by atoms with Gasteiger partial charge in [0.2, 0.25) is 5.91 Å². The van der Waals surface area contributed by atoms with Crippen molar-refractivity contribution in [1.82, 2.24) is 9.80 Å². The molecule has 0 saturated heterocycles. The van der Waals surface area contributed by atoms with E-state index < -0.39 is 11.9 Å². The van der Waals surface area contributed by atoms with Gasteiger partial charge in [-0.15, -0.1) is 0 Å². The van der Waals surface area contributed by atoms with Crippen LogP contribution in [0.15, 0.2) is 42.5 Å². The largest absolute Gasteiger partial charge is 0.368 e. The minimum absolute atomic E-state index is 0.190. The van der Waals surface area contributed by atoms with E-state index in [1.54, 1.807) is 23.1 Å². The number of nitrogens with zero attached hydrogens (tertiary/aromatic N) is 2. The average molecular weight is 362 g/mol. The van der Waals surface area contributed by atoms with Crippen molar-refractivity contribution in [3.63, 3.8) is 0 Å². The van der Waals surface area contributed by atoms with Gasteiger partial charge in [-0.25, -0.2) is 0 Å². The molecule has 0 aromatic heterocycles. The molecule has 0 spiro atoms. The summed E-state index contributed by atoms with van der Waals surface area (Å²) in [4.78, 5) is 28.5. The first-order valence-electron chi connectivity index (χ1n) is 9.26. The predicted octanol–water partition coefficient (Wildman–Crippen LogP) is 2.26. The van der Waals surface area contributed by atoms with Crippen LogP contribution in [0.1, 0.15) is 45.9 Å². The van der Waals surface area contributed by atoms with Gasteiger partial charge in [0.05, 0.1) is 5.56 Å². The van der Waals surface area contributed by atoms with Crippen LogP contribution in [0, 0.1) is 6.07 Å². The third-order valence-electron chi connectivity index (χ3n) is 5.63. The van der Waals surface area contributed by atoms with E-state index in [1.807, 2.05) is 0 Å². The van der Waals surface area contributed by atoms with Gasteiger partial charge in [0.15, 0.2) is 0 Å². The lowest BCUT2D eigenvalue weighted by Gasteiger charge is -2.24. The molecule has 2 aromatic rings. The van der Waals surface area contributed by atoms with Crippen LogP contribution in [-0.2, 0) is 16.8 Å². The highest BCUT2D eigenvalue weighted by Gasteiger charge is 2.44. The Labute approximate surface area is 159 Å². The zero-order valence-electron chi connectivity index (χ0n) is 15.7. The number of primary amides is 1. The van der Waals surface area contributed by atoms with Crippen LogP contribution in [0.25, 0.3) is 0 Å². The summed E-state index contributed by atoms with van der Waals surface area (Å²) in [7, 11) is 4.21. The Kier molecular flexibility index (Phi) is 4.27. The second-order valence-electron chi connectivity index (χ2n) is 7.95. The Bertz CT molecular complexity index is 885. The minimum atomic E-state index is -0.729. The molecular weight excluding hydrogens is 338 g/mol. The van der Waals surface area contributed by atoms with Crippen LogP contribution < -0.4 is 5.73 Å². The summed E-state index contributed by atoms with van der Waals surface area (Å²) in [5.41, 5.74) is 9.30. The first-order chi connectivity index (χ1) is 12.9. The summed E-state index contributed by atoms with van der Waals surface area (Å²) in [6.07, 6.45) is 2.42. The predicted molar refractivity (Wildman–Crippen MR) is 103 cm³/mol. The van der Waals surface area contributed by atoms with E-state index in [0.29, 0.717) is 17.7 Å². The number of likely N-dealkylation sites (N-methyl/N-ethyl adjacent to an activating group) is 1. The van der Waals surface area contributed by atoms with Gasteiger partial charge in [-0.2, -0.15) is 0 Å². The maximum Gasteiger partial charge on any atom is 0.256 e. The molecule has 2 aliphatic rings. The summed E-state index contributed by atoms with van der Waals surface area (Å²) in [5.74, 6) is -0.703. The van der Waals surface area contributed by atoms with E-state index in [9.17, 15) is 9.59 Å². The molecule has 1 unspecified atom stereocenters. The molecule has 2 amide bonds. The van der Waals surface area contributed by atoms with Gasteiger partial charge in [-0.3, -0.25) is 9.59 Å². The number of benzene rings is 2. The lowest BCUT2D eigenvalue weighted by Crippen LogP contribution is -2.35. The SMILES string of the molecule is CN(C)CC1(c2ccc(CN3C(=O)c4[c]cccc4C3C(N)=O)cc2)CC1. The molecule has 1 radical (unpaired) electrons. The van der Waals surface area contributed by atoms with Crippen LogP contribution in [-0.4, -0.2) is 42.3 Å². The molecule has 1 atom stereocenters. The van der Waals surface area contributed by atoms with E-state index in [4.69, 9.17) is 5.73 Å². The van der Waals surface area contributed by atoms with Gasteiger partial charge in [0.1, 0.15) is 6.04 Å². The fraction of sp³-hybridized carbons (Fsp3) is 0.364. The molecule has 139 valence electrons. The molecule has 5 nitrogen and oxygen atoms in total. The maximum atomic E-state index is 12.8. The fourth-order valence-electron chi connectivity index (χ4n) is 4.22. The number of carbonyl (C=O) groups excluding carboxylic acids is 2. The van der Waals surface area contributed by atoms with Gasteiger partial charge in [0.25, 0.3) is 5.91 Å². The summed E-state index contributed by atoms with van der Waals surface area (Å²) >= 11 is 0. The number of hydrogen-bond acceptors (Lipinski definition) is 3. The van der Waals surface area contributed by atoms with Crippen molar-refractivity contribution in [2.45, 2.75) is 30.8 Å². The van der Waals surface area contributed by atoms with E-state index >= 15 is 0 Å². The number of nitrogens with two attached hydrogens (primary N) is 1. The zero-order valence-corrected chi connectivity index (χ0v) is 15.7. The van der Waals surface area contributed by atoms with E-state index in [-0.39, 0.29) is 11.3 Å². The van der Waals surface area contributed by atoms with Crippen molar-refractivity contribution in [2.75, 3.05) is 20.6 Å². The van der Waals surface area contributed by atoms with Crippen LogP contribution >= 0.6 is 0 Å². The van der Waals surface area contributed by atoms with Gasteiger partial charge in [-0.1, -0.05) is 42.5 Å². The van der Waals surface area contributed by atoms with E-state index in [0.717, 1.165) is 12.1 Å². The molecule has 1 aliphatic heterocycles. The highest BCUT2D eigenvalue weighted by atomic mass is 16.2. The topological polar surface area (TPSA) is 66.6 Å². The number of fused-ring (bicyclic) bond motifs is 1. The molecule has 4 rings (SSSR count). The minimum Gasteiger partial charge on any atom is -0.368 e. The Morgan fingerprint density at radius 1 is 1.26 bits per heavy atom. The van der Waals surface area contributed by atoms with E-state index in [2.05, 4.69) is 49.3 Å². The van der Waals surface area contributed by atoms with Crippen molar-refractivity contribution in [2.24, 2.45) is 5.73 Å². The zero-order chi connectivity index (χ0) is 19.2. The number of hydrogen-bond donors (Lipinski definition) is 1. The third-order valence-corrected chi connectivity index (χ3v) is 5.63. The number of carbonyl (C=O) groups is 2. The first-order valence-corrected chi connectivity index (χ1v) is 9.26. The maximum absolute atomic E-state index is 12.8. The molecule has 1 heterocycles. The van der Waals surface area contributed by atoms with Crippen LogP contribution in [0.4, 0.5) is 0 Å². The van der Waals surface area contributed by atoms with Crippen molar-refractivity contribution in [1.29, 1.82) is 0 Å². The quantitative estimate of drug-likeness (QED) is 0.857. The van der Waals surface area contributed by atoms with Crippen molar-refractivity contribution < 1.29 is 9.59 Å². The second-order valence-corrected chi connectivity index (χ2v) is 7.95. The molecule has 1 aliphatic carbocycles. The average Bonchev–Trinajstić information content (AvgIpc) is 3.35. The second kappa shape index (κ2) is 6.50. The molecule has 2 aromatic carbocycles. The lowest BCUT2D eigenvalue weighted by atomic mass is 9.94. The standard InChI is InChI=1S/C22H24N3O2/c1-24(2)14-22(11-12-22)16-9-7-15(8-10-16)13-25-19(20(23)26)17-5-3-4-6-18(17)21(25)27/h3-5,7-10,19H,11-14H2,1-2H3,(H2,23,26). The van der Waals surface area contributed by atoms with Crippen molar-refractivity contribution in [3.05, 3.63) is 70.8 Å². The van der Waals surface area contributed by atoms with Gasteiger partial charge in [0, 0.05) is 18.5 Å². The summed E-state index contributed by atoms with van der Waals surface area (Å²) in [6.45, 7) is 1.40. The molecule has 27 heavy (non-hydrogen) atoms. The molecule has 0 bridgehead atoms.